The molecule has 3 amide bonds. The first-order valence-electron chi connectivity index (χ1n) is 10.6. The molecule has 2 aliphatic rings. The van der Waals surface area contributed by atoms with Crippen LogP contribution in [0.4, 0.5) is 0 Å². The van der Waals surface area contributed by atoms with Gasteiger partial charge >= 0.3 is 0 Å². The van der Waals surface area contributed by atoms with E-state index in [1.807, 2.05) is 30.3 Å². The molecule has 30 heavy (non-hydrogen) atoms. The van der Waals surface area contributed by atoms with E-state index in [0.717, 1.165) is 31.2 Å². The predicted octanol–water partition coefficient (Wildman–Crippen LogP) is 2.14. The fourth-order valence-electron chi connectivity index (χ4n) is 3.85. The van der Waals surface area contributed by atoms with Gasteiger partial charge in [0, 0.05) is 25.6 Å². The number of benzene rings is 1. The van der Waals surface area contributed by atoms with Crippen molar-refractivity contribution in [2.24, 2.45) is 5.92 Å². The summed E-state index contributed by atoms with van der Waals surface area (Å²) in [6, 6.07) is 12.4. The fourth-order valence-corrected chi connectivity index (χ4v) is 3.85. The average Bonchev–Trinajstić information content (AvgIpc) is 3.41. The van der Waals surface area contributed by atoms with Crippen molar-refractivity contribution in [3.63, 3.8) is 0 Å². The van der Waals surface area contributed by atoms with Crippen LogP contribution in [0, 0.1) is 5.92 Å². The number of nitrogens with one attached hydrogen (secondary N) is 2. The molecule has 7 nitrogen and oxygen atoms in total. The van der Waals surface area contributed by atoms with Crippen LogP contribution in [-0.2, 0) is 16.0 Å². The number of piperidine rings is 1. The van der Waals surface area contributed by atoms with Crippen molar-refractivity contribution in [2.45, 2.75) is 44.2 Å². The first kappa shape index (κ1) is 20.2. The number of amides is 3. The predicted molar refractivity (Wildman–Crippen MR) is 111 cm³/mol. The molecule has 0 spiro atoms. The molecule has 2 fully saturated rings. The summed E-state index contributed by atoms with van der Waals surface area (Å²) in [5.74, 6) is -0.575. The monoisotopic (exact) mass is 409 g/mol. The van der Waals surface area contributed by atoms with Crippen LogP contribution in [0.2, 0.25) is 0 Å². The maximum absolute atomic E-state index is 13.4. The van der Waals surface area contributed by atoms with Gasteiger partial charge < -0.3 is 20.0 Å². The maximum atomic E-state index is 13.4. The molecule has 1 saturated heterocycles. The summed E-state index contributed by atoms with van der Waals surface area (Å²) >= 11 is 0. The van der Waals surface area contributed by atoms with E-state index in [1.54, 1.807) is 17.0 Å². The summed E-state index contributed by atoms with van der Waals surface area (Å²) in [5, 5.41) is 5.87. The fraction of sp³-hybridized carbons (Fsp3) is 0.435. The second-order valence-electron chi connectivity index (χ2n) is 8.10. The van der Waals surface area contributed by atoms with E-state index in [2.05, 4.69) is 10.6 Å². The minimum Gasteiger partial charge on any atom is -0.459 e. The van der Waals surface area contributed by atoms with Crippen molar-refractivity contribution in [3.8, 4) is 0 Å². The highest BCUT2D eigenvalue weighted by atomic mass is 16.3. The molecule has 158 valence electrons. The Bertz CT molecular complexity index is 877. The molecule has 0 bridgehead atoms. The van der Waals surface area contributed by atoms with Gasteiger partial charge in [-0.3, -0.25) is 14.4 Å². The first-order valence-corrected chi connectivity index (χ1v) is 10.6. The zero-order valence-corrected chi connectivity index (χ0v) is 16.9. The lowest BCUT2D eigenvalue weighted by molar-refractivity contribution is -0.137. The summed E-state index contributed by atoms with van der Waals surface area (Å²) < 4.78 is 5.17. The Hall–Kier alpha value is -3.09. The smallest absolute Gasteiger partial charge is 0.287 e. The number of rotatable bonds is 7. The van der Waals surface area contributed by atoms with Gasteiger partial charge in [-0.05, 0) is 43.4 Å². The lowest BCUT2D eigenvalue weighted by atomic mass is 9.95. The molecule has 1 aliphatic heterocycles. The van der Waals surface area contributed by atoms with E-state index in [-0.39, 0.29) is 23.5 Å². The van der Waals surface area contributed by atoms with Gasteiger partial charge in [0.1, 0.15) is 6.04 Å². The normalized spacial score (nSPS) is 19.7. The van der Waals surface area contributed by atoms with Gasteiger partial charge in [0.15, 0.2) is 5.76 Å². The molecule has 2 N–H and O–H groups in total. The lowest BCUT2D eigenvalue weighted by Gasteiger charge is -2.34. The SMILES string of the molecule is O=C(N[C@H](Cc1ccccc1)C(=O)N1CCC[C@@H](C(=O)NC2CC2)C1)c1ccco1. The van der Waals surface area contributed by atoms with Crippen molar-refractivity contribution in [2.75, 3.05) is 13.1 Å². The van der Waals surface area contributed by atoms with Crippen LogP contribution in [0.5, 0.6) is 0 Å². The van der Waals surface area contributed by atoms with Crippen LogP contribution in [0.3, 0.4) is 0 Å². The molecule has 1 saturated carbocycles. The van der Waals surface area contributed by atoms with Gasteiger partial charge in [-0.1, -0.05) is 30.3 Å². The van der Waals surface area contributed by atoms with Crippen LogP contribution < -0.4 is 10.6 Å². The van der Waals surface area contributed by atoms with E-state index >= 15 is 0 Å². The standard InChI is InChI=1S/C23H27N3O4/c27-21(24-18-10-11-18)17-8-4-12-26(15-17)23(29)19(14-16-6-2-1-3-7-16)25-22(28)20-9-5-13-30-20/h1-3,5-7,9,13,17-19H,4,8,10-12,14-15H2,(H,24,27)(H,25,28)/t17-,19-/m1/s1. The van der Waals surface area contributed by atoms with Gasteiger partial charge in [0.25, 0.3) is 5.91 Å². The quantitative estimate of drug-likeness (QED) is 0.733. The van der Waals surface area contributed by atoms with Gasteiger partial charge in [0.05, 0.1) is 12.2 Å². The zero-order valence-electron chi connectivity index (χ0n) is 16.9. The molecule has 1 aromatic heterocycles. The summed E-state index contributed by atoms with van der Waals surface area (Å²) in [6.45, 7) is 0.979. The molecule has 1 aliphatic carbocycles. The van der Waals surface area contributed by atoms with Crippen molar-refractivity contribution in [1.29, 1.82) is 0 Å². The van der Waals surface area contributed by atoms with Crippen molar-refractivity contribution < 1.29 is 18.8 Å². The molecule has 7 heteroatoms. The molecule has 0 unspecified atom stereocenters. The van der Waals surface area contributed by atoms with Crippen molar-refractivity contribution >= 4 is 17.7 Å². The van der Waals surface area contributed by atoms with E-state index in [0.29, 0.717) is 25.6 Å². The number of carbonyl (C=O) groups is 3. The van der Waals surface area contributed by atoms with E-state index in [4.69, 9.17) is 4.42 Å². The van der Waals surface area contributed by atoms with Crippen LogP contribution in [0.1, 0.15) is 41.8 Å². The van der Waals surface area contributed by atoms with Crippen LogP contribution in [-0.4, -0.2) is 47.8 Å². The summed E-state index contributed by atoms with van der Waals surface area (Å²) in [6.07, 6.45) is 5.44. The minimum absolute atomic E-state index is 0.0363. The highest BCUT2D eigenvalue weighted by Gasteiger charge is 2.34. The molecule has 1 aromatic carbocycles. The van der Waals surface area contributed by atoms with Crippen LogP contribution in [0.15, 0.2) is 53.1 Å². The number of furan rings is 1. The highest BCUT2D eigenvalue weighted by molar-refractivity contribution is 5.95. The van der Waals surface area contributed by atoms with Gasteiger partial charge in [-0.15, -0.1) is 0 Å². The Balaban J connectivity index is 1.46. The number of likely N-dealkylation sites (tertiary alicyclic amines) is 1. The number of carbonyl (C=O) groups excluding carboxylic acids is 3. The number of hydrogen-bond acceptors (Lipinski definition) is 4. The molecular weight excluding hydrogens is 382 g/mol. The van der Waals surface area contributed by atoms with Crippen LogP contribution >= 0.6 is 0 Å². The Labute approximate surface area is 175 Å². The first-order chi connectivity index (χ1) is 14.6. The molecule has 2 atom stereocenters. The molecular formula is C23H27N3O4. The zero-order chi connectivity index (χ0) is 20.9. The molecule has 2 heterocycles. The summed E-state index contributed by atoms with van der Waals surface area (Å²) in [4.78, 5) is 40.1. The third kappa shape index (κ3) is 5.09. The number of hydrogen-bond donors (Lipinski definition) is 2. The largest absolute Gasteiger partial charge is 0.459 e. The lowest BCUT2D eigenvalue weighted by Crippen LogP contribution is -2.53. The Kier molecular flexibility index (Phi) is 6.16. The third-order valence-corrected chi connectivity index (χ3v) is 5.66. The Morgan fingerprint density at radius 3 is 2.57 bits per heavy atom. The van der Waals surface area contributed by atoms with Gasteiger partial charge in [0.2, 0.25) is 11.8 Å². The van der Waals surface area contributed by atoms with E-state index in [9.17, 15) is 14.4 Å². The molecule has 2 aromatic rings. The average molecular weight is 409 g/mol. The topological polar surface area (TPSA) is 91.7 Å². The maximum Gasteiger partial charge on any atom is 0.287 e. The number of nitrogens with zero attached hydrogens (tertiary/aromatic N) is 1. The third-order valence-electron chi connectivity index (χ3n) is 5.66. The second kappa shape index (κ2) is 9.15. The summed E-state index contributed by atoms with van der Waals surface area (Å²) in [5.41, 5.74) is 0.954. The Morgan fingerprint density at radius 2 is 1.87 bits per heavy atom. The molecule has 4 rings (SSSR count). The highest BCUT2D eigenvalue weighted by Crippen LogP contribution is 2.23. The Morgan fingerprint density at radius 1 is 1.07 bits per heavy atom. The summed E-state index contributed by atoms with van der Waals surface area (Å²) in [7, 11) is 0. The molecule has 0 radical (unpaired) electrons. The van der Waals surface area contributed by atoms with E-state index < -0.39 is 11.9 Å². The van der Waals surface area contributed by atoms with Gasteiger partial charge in [-0.2, -0.15) is 0 Å². The minimum atomic E-state index is -0.727. The second-order valence-corrected chi connectivity index (χ2v) is 8.10. The van der Waals surface area contributed by atoms with Crippen molar-refractivity contribution in [3.05, 3.63) is 60.1 Å². The van der Waals surface area contributed by atoms with Gasteiger partial charge in [-0.25, -0.2) is 0 Å². The van der Waals surface area contributed by atoms with Crippen molar-refractivity contribution in [1.82, 2.24) is 15.5 Å². The van der Waals surface area contributed by atoms with Crippen LogP contribution in [0.25, 0.3) is 0 Å². The van der Waals surface area contributed by atoms with E-state index in [1.165, 1.54) is 6.26 Å².